The maximum atomic E-state index is 13.0. The Labute approximate surface area is 148 Å². The van der Waals surface area contributed by atoms with Crippen molar-refractivity contribution < 1.29 is 14.5 Å². The lowest BCUT2D eigenvalue weighted by atomic mass is 9.94. The third-order valence-corrected chi connectivity index (χ3v) is 4.72. The highest BCUT2D eigenvalue weighted by atomic mass is 19.1. The van der Waals surface area contributed by atoms with E-state index in [9.17, 15) is 14.0 Å². The number of benzene rings is 1. The molecule has 1 saturated heterocycles. The first kappa shape index (κ1) is 16.5. The van der Waals surface area contributed by atoms with Crippen LogP contribution < -0.4 is 16.2 Å². The predicted molar refractivity (Wildman–Crippen MR) is 93.8 cm³/mol. The summed E-state index contributed by atoms with van der Waals surface area (Å²) in [5, 5.41) is 7.72. The monoisotopic (exact) mass is 356 g/mol. The summed E-state index contributed by atoms with van der Waals surface area (Å²) in [6.45, 7) is 2.02. The molecule has 0 spiro atoms. The molecule has 26 heavy (non-hydrogen) atoms. The molecule has 1 aliphatic heterocycles. The highest BCUT2D eigenvalue weighted by molar-refractivity contribution is 6.08. The van der Waals surface area contributed by atoms with E-state index in [0.29, 0.717) is 11.3 Å². The lowest BCUT2D eigenvalue weighted by Crippen LogP contribution is -2.86. The molecular weight excluding hydrogens is 337 g/mol. The first-order valence-corrected chi connectivity index (χ1v) is 8.61. The standard InChI is InChI=1S/C18H18FN5O2/c19-12-1-3-13(4-2-12)22-18(26)14-10-21-24-16(25)9-15(23-17(14)24)11-5-7-20-8-6-11/h1-4,9-11,20-21H,5-8H2,(H,22,26)/p+1. The van der Waals surface area contributed by atoms with Gasteiger partial charge in [0, 0.05) is 36.7 Å². The zero-order valence-corrected chi connectivity index (χ0v) is 14.0. The molecule has 0 radical (unpaired) electrons. The number of nitrogens with two attached hydrogens (primary N) is 1. The van der Waals surface area contributed by atoms with Gasteiger partial charge in [-0.15, -0.1) is 0 Å². The van der Waals surface area contributed by atoms with Crippen LogP contribution in [0.15, 0.2) is 41.3 Å². The highest BCUT2D eigenvalue weighted by Crippen LogP contribution is 2.22. The average Bonchev–Trinajstić information content (AvgIpc) is 3.09. The van der Waals surface area contributed by atoms with Gasteiger partial charge in [-0.05, 0) is 24.3 Å². The smallest absolute Gasteiger partial charge is 0.272 e. The van der Waals surface area contributed by atoms with Crippen LogP contribution >= 0.6 is 0 Å². The number of amides is 1. The number of halogens is 1. The average molecular weight is 356 g/mol. The van der Waals surface area contributed by atoms with E-state index in [4.69, 9.17) is 0 Å². The Bertz CT molecular complexity index is 1000. The van der Waals surface area contributed by atoms with Crippen LogP contribution in [0.3, 0.4) is 0 Å². The van der Waals surface area contributed by atoms with Gasteiger partial charge in [-0.2, -0.15) is 0 Å². The van der Waals surface area contributed by atoms with Crippen LogP contribution in [0, 0.1) is 5.82 Å². The Kier molecular flexibility index (Phi) is 4.26. The fourth-order valence-electron chi connectivity index (χ4n) is 3.33. The van der Waals surface area contributed by atoms with Crippen molar-refractivity contribution in [3.63, 3.8) is 0 Å². The Hall–Kier alpha value is -3.00. The Morgan fingerprint density at radius 1 is 1.27 bits per heavy atom. The minimum atomic E-state index is -0.406. The molecule has 0 atom stereocenters. The van der Waals surface area contributed by atoms with Crippen LogP contribution in [0.5, 0.6) is 0 Å². The molecule has 1 fully saturated rings. The molecule has 1 aliphatic rings. The number of H-pyrrole nitrogens is 1. The van der Waals surface area contributed by atoms with Gasteiger partial charge < -0.3 is 10.6 Å². The first-order chi connectivity index (χ1) is 12.6. The molecule has 0 bridgehead atoms. The Morgan fingerprint density at radius 3 is 2.73 bits per heavy atom. The molecule has 2 aromatic heterocycles. The number of carbonyl (C=O) groups excluding carboxylic acids is 1. The predicted octanol–water partition coefficient (Wildman–Crippen LogP) is 0.855. The number of aromatic amines is 1. The van der Waals surface area contributed by atoms with E-state index in [0.717, 1.165) is 31.6 Å². The molecular formula is C18H19FN5O2+. The largest absolute Gasteiger partial charge is 0.346 e. The van der Waals surface area contributed by atoms with Gasteiger partial charge in [-0.3, -0.25) is 14.7 Å². The van der Waals surface area contributed by atoms with Gasteiger partial charge in [0.05, 0.1) is 18.8 Å². The first-order valence-electron chi connectivity index (χ1n) is 8.61. The van der Waals surface area contributed by atoms with Crippen molar-refractivity contribution in [1.29, 1.82) is 0 Å². The van der Waals surface area contributed by atoms with Crippen molar-refractivity contribution in [2.75, 3.05) is 18.4 Å². The number of quaternary nitrogens is 1. The third-order valence-electron chi connectivity index (χ3n) is 4.72. The number of fused-ring (bicyclic) bond motifs is 1. The van der Waals surface area contributed by atoms with E-state index in [1.807, 2.05) is 0 Å². The number of piperidine rings is 1. The van der Waals surface area contributed by atoms with Gasteiger partial charge in [0.2, 0.25) is 0 Å². The summed E-state index contributed by atoms with van der Waals surface area (Å²) in [6, 6.07) is 7.04. The van der Waals surface area contributed by atoms with Gasteiger partial charge in [0.15, 0.2) is 5.65 Å². The number of hydrogen-bond donors (Lipinski definition) is 3. The quantitative estimate of drug-likeness (QED) is 0.649. The summed E-state index contributed by atoms with van der Waals surface area (Å²) in [5.74, 6) is -0.547. The van der Waals surface area contributed by atoms with Crippen molar-refractivity contribution in [2.45, 2.75) is 18.8 Å². The number of aromatic nitrogens is 3. The minimum Gasteiger partial charge on any atom is -0.346 e. The van der Waals surface area contributed by atoms with E-state index in [1.165, 1.54) is 35.0 Å². The molecule has 134 valence electrons. The van der Waals surface area contributed by atoms with Gasteiger partial charge >= 0.3 is 0 Å². The molecule has 1 amide bonds. The van der Waals surface area contributed by atoms with Crippen LogP contribution in [-0.2, 0) is 0 Å². The van der Waals surface area contributed by atoms with Gasteiger partial charge in [0.25, 0.3) is 11.5 Å². The van der Waals surface area contributed by atoms with E-state index in [1.54, 1.807) is 6.07 Å². The number of rotatable bonds is 3. The van der Waals surface area contributed by atoms with Crippen LogP contribution in [0.25, 0.3) is 5.65 Å². The molecule has 8 heteroatoms. The van der Waals surface area contributed by atoms with E-state index >= 15 is 0 Å². The SMILES string of the molecule is O=C(Nc1ccc(F)cc1)c1c[nH]n2c(=O)cc(C3CC[NH2+]CC3)nc12. The second kappa shape index (κ2) is 6.72. The van der Waals surface area contributed by atoms with Crippen molar-refractivity contribution in [3.05, 3.63) is 64.0 Å². The van der Waals surface area contributed by atoms with Crippen molar-refractivity contribution in [3.8, 4) is 0 Å². The number of nitrogens with zero attached hydrogens (tertiary/aromatic N) is 2. The van der Waals surface area contributed by atoms with E-state index in [2.05, 4.69) is 20.7 Å². The second-order valence-corrected chi connectivity index (χ2v) is 6.47. The highest BCUT2D eigenvalue weighted by Gasteiger charge is 2.22. The number of carbonyl (C=O) groups is 1. The molecule has 1 aromatic carbocycles. The van der Waals surface area contributed by atoms with Crippen LogP contribution in [0.2, 0.25) is 0 Å². The number of hydrogen-bond acceptors (Lipinski definition) is 3. The Morgan fingerprint density at radius 2 is 2.00 bits per heavy atom. The molecule has 4 N–H and O–H groups in total. The van der Waals surface area contributed by atoms with Gasteiger partial charge in [0.1, 0.15) is 11.4 Å². The van der Waals surface area contributed by atoms with E-state index < -0.39 is 5.91 Å². The summed E-state index contributed by atoms with van der Waals surface area (Å²) in [6.07, 6.45) is 3.38. The molecule has 0 unspecified atom stereocenters. The van der Waals surface area contributed by atoms with Crippen molar-refractivity contribution in [1.82, 2.24) is 14.6 Å². The van der Waals surface area contributed by atoms with E-state index in [-0.39, 0.29) is 22.9 Å². The summed E-state index contributed by atoms with van der Waals surface area (Å²) < 4.78 is 14.3. The second-order valence-electron chi connectivity index (χ2n) is 6.47. The molecule has 3 aromatic rings. The summed E-state index contributed by atoms with van der Waals surface area (Å²) >= 11 is 0. The lowest BCUT2D eigenvalue weighted by Gasteiger charge is -2.19. The number of anilines is 1. The summed E-state index contributed by atoms with van der Waals surface area (Å²) in [5.41, 5.74) is 1.55. The van der Waals surface area contributed by atoms with Crippen molar-refractivity contribution >= 4 is 17.2 Å². The fourth-order valence-corrected chi connectivity index (χ4v) is 3.33. The van der Waals surface area contributed by atoms with Crippen LogP contribution in [0.1, 0.15) is 34.8 Å². The third kappa shape index (κ3) is 3.11. The minimum absolute atomic E-state index is 0.236. The molecule has 3 heterocycles. The summed E-state index contributed by atoms with van der Waals surface area (Å²) in [4.78, 5) is 29.6. The van der Waals surface area contributed by atoms with Gasteiger partial charge in [-0.1, -0.05) is 0 Å². The number of nitrogens with one attached hydrogen (secondary N) is 2. The Balaban J connectivity index is 1.68. The molecule has 4 rings (SSSR count). The zero-order chi connectivity index (χ0) is 18.1. The maximum Gasteiger partial charge on any atom is 0.272 e. The normalized spacial score (nSPS) is 15.3. The summed E-state index contributed by atoms with van der Waals surface area (Å²) in [7, 11) is 0. The fraction of sp³-hybridized carbons (Fsp3) is 0.278. The van der Waals surface area contributed by atoms with Crippen LogP contribution in [0.4, 0.5) is 10.1 Å². The lowest BCUT2D eigenvalue weighted by molar-refractivity contribution is -0.663. The van der Waals surface area contributed by atoms with Gasteiger partial charge in [-0.25, -0.2) is 13.9 Å². The zero-order valence-electron chi connectivity index (χ0n) is 14.0. The molecule has 0 saturated carbocycles. The van der Waals surface area contributed by atoms with Crippen molar-refractivity contribution in [2.24, 2.45) is 0 Å². The molecule has 0 aliphatic carbocycles. The van der Waals surface area contributed by atoms with Crippen LogP contribution in [-0.4, -0.2) is 33.6 Å². The molecule has 7 nitrogen and oxygen atoms in total. The maximum absolute atomic E-state index is 13.0. The topological polar surface area (TPSA) is 95.9 Å².